The number of hydrogen-bond acceptors (Lipinski definition) is 5. The second kappa shape index (κ2) is 11.4. The Morgan fingerprint density at radius 3 is 2.71 bits per heavy atom. The molecule has 3 rings (SSSR count). The predicted octanol–water partition coefficient (Wildman–Crippen LogP) is 2.01. The molecule has 2 heterocycles. The van der Waals surface area contributed by atoms with E-state index in [1.165, 1.54) is 19.3 Å². The van der Waals surface area contributed by atoms with Crippen LogP contribution in [0.4, 0.5) is 0 Å². The fourth-order valence-corrected chi connectivity index (χ4v) is 4.03. The third kappa shape index (κ3) is 6.76. The average Bonchev–Trinajstić information content (AvgIpc) is 3.12. The number of aliphatic hydroxyl groups excluding tert-OH is 1. The third-order valence-electron chi connectivity index (χ3n) is 5.59. The Hall–Kier alpha value is -1.63. The molecule has 28 heavy (non-hydrogen) atoms. The molecule has 0 aromatic heterocycles. The van der Waals surface area contributed by atoms with Crippen LogP contribution in [0.2, 0.25) is 0 Å². The number of aliphatic hydroxyl groups is 1. The first-order valence-corrected chi connectivity index (χ1v) is 10.8. The van der Waals surface area contributed by atoms with Gasteiger partial charge in [0.1, 0.15) is 18.5 Å². The molecule has 2 aliphatic rings. The molecule has 2 fully saturated rings. The number of rotatable bonds is 11. The maximum absolute atomic E-state index is 11.6. The molecule has 1 atom stereocenters. The van der Waals surface area contributed by atoms with Gasteiger partial charge < -0.3 is 25.0 Å². The topological polar surface area (TPSA) is 65.0 Å². The molecule has 1 aromatic carbocycles. The number of ether oxygens (including phenoxy) is 1. The lowest BCUT2D eigenvalue weighted by atomic mass is 10.1. The van der Waals surface area contributed by atoms with Crippen molar-refractivity contribution >= 4 is 5.91 Å². The molecule has 0 aliphatic carbocycles. The fraction of sp³-hybridized carbons (Fsp3) is 0.682. The molecule has 0 saturated carbocycles. The minimum absolute atomic E-state index is 0.293. The average molecular weight is 390 g/mol. The maximum atomic E-state index is 11.6. The Bertz CT molecular complexity index is 604. The lowest BCUT2D eigenvalue weighted by Crippen LogP contribution is -2.38. The van der Waals surface area contributed by atoms with Crippen molar-refractivity contribution in [2.75, 3.05) is 45.9 Å². The van der Waals surface area contributed by atoms with Crippen molar-refractivity contribution in [3.63, 3.8) is 0 Å². The summed E-state index contributed by atoms with van der Waals surface area (Å²) in [6.07, 6.45) is 5.97. The number of benzene rings is 1. The number of carbonyl (C=O) groups excluding carboxylic acids is 1. The van der Waals surface area contributed by atoms with E-state index in [0.29, 0.717) is 25.5 Å². The Morgan fingerprint density at radius 2 is 1.93 bits per heavy atom. The second-order valence-electron chi connectivity index (χ2n) is 7.95. The van der Waals surface area contributed by atoms with Crippen LogP contribution >= 0.6 is 0 Å². The highest BCUT2D eigenvalue weighted by Gasteiger charge is 2.19. The highest BCUT2D eigenvalue weighted by Crippen LogP contribution is 2.18. The number of likely N-dealkylation sites (tertiary alicyclic amines) is 2. The summed E-state index contributed by atoms with van der Waals surface area (Å²) in [5.74, 6) is 1.13. The summed E-state index contributed by atoms with van der Waals surface area (Å²) in [5, 5.41) is 13.8. The summed E-state index contributed by atoms with van der Waals surface area (Å²) in [6.45, 7) is 6.53. The van der Waals surface area contributed by atoms with Gasteiger partial charge in [-0.2, -0.15) is 0 Å². The monoisotopic (exact) mass is 389 g/mol. The zero-order valence-corrected chi connectivity index (χ0v) is 16.9. The SMILES string of the molecule is O=C1CCCN1CCCNCc1ccccc1OCC(O)CN1CCCCC1. The number of nitrogens with zero attached hydrogens (tertiary/aromatic N) is 2. The van der Waals surface area contributed by atoms with Gasteiger partial charge in [-0.15, -0.1) is 0 Å². The van der Waals surface area contributed by atoms with Crippen LogP contribution in [0, 0.1) is 0 Å². The smallest absolute Gasteiger partial charge is 0.222 e. The van der Waals surface area contributed by atoms with Crippen LogP contribution in [-0.4, -0.2) is 72.8 Å². The van der Waals surface area contributed by atoms with Crippen molar-refractivity contribution in [1.29, 1.82) is 0 Å². The molecular weight excluding hydrogens is 354 g/mol. The molecule has 6 heteroatoms. The zero-order valence-electron chi connectivity index (χ0n) is 16.9. The standard InChI is InChI=1S/C22H35N3O3/c26-20(17-24-12-4-1-5-13-24)18-28-21-9-3-2-8-19(21)16-23-11-7-15-25-14-6-10-22(25)27/h2-3,8-9,20,23,26H,1,4-7,10-18H2. The molecule has 1 unspecified atom stereocenters. The van der Waals surface area contributed by atoms with Gasteiger partial charge in [-0.25, -0.2) is 0 Å². The molecule has 1 amide bonds. The van der Waals surface area contributed by atoms with E-state index in [4.69, 9.17) is 4.74 Å². The largest absolute Gasteiger partial charge is 0.491 e. The van der Waals surface area contributed by atoms with Gasteiger partial charge in [0.25, 0.3) is 0 Å². The van der Waals surface area contributed by atoms with Gasteiger partial charge in [0.2, 0.25) is 5.91 Å². The lowest BCUT2D eigenvalue weighted by molar-refractivity contribution is -0.127. The van der Waals surface area contributed by atoms with E-state index in [1.54, 1.807) is 0 Å². The highest BCUT2D eigenvalue weighted by molar-refractivity contribution is 5.77. The lowest BCUT2D eigenvalue weighted by Gasteiger charge is -2.28. The summed E-state index contributed by atoms with van der Waals surface area (Å²) < 4.78 is 5.92. The molecule has 1 aromatic rings. The van der Waals surface area contributed by atoms with Gasteiger partial charge in [-0.1, -0.05) is 24.6 Å². The minimum Gasteiger partial charge on any atom is -0.491 e. The highest BCUT2D eigenvalue weighted by atomic mass is 16.5. The summed E-state index contributed by atoms with van der Waals surface area (Å²) in [7, 11) is 0. The number of para-hydroxylation sites is 1. The first-order chi connectivity index (χ1) is 13.7. The molecule has 156 valence electrons. The van der Waals surface area contributed by atoms with Crippen LogP contribution < -0.4 is 10.1 Å². The van der Waals surface area contributed by atoms with E-state index in [0.717, 1.165) is 63.4 Å². The van der Waals surface area contributed by atoms with Crippen LogP contribution in [0.25, 0.3) is 0 Å². The Labute approximate surface area is 168 Å². The number of piperidine rings is 1. The molecule has 2 saturated heterocycles. The molecule has 6 nitrogen and oxygen atoms in total. The zero-order chi connectivity index (χ0) is 19.6. The van der Waals surface area contributed by atoms with Crippen molar-refractivity contribution in [1.82, 2.24) is 15.1 Å². The number of β-amino-alcohol motifs (C(OH)–C–C–N with tert-alkyl or cyclic N) is 1. The normalized spacial score (nSPS) is 19.2. The van der Waals surface area contributed by atoms with E-state index < -0.39 is 6.10 Å². The summed E-state index contributed by atoms with van der Waals surface area (Å²) in [5.41, 5.74) is 1.10. The first kappa shape index (κ1) is 21.1. The van der Waals surface area contributed by atoms with Gasteiger partial charge in [-0.05, 0) is 51.4 Å². The fourth-order valence-electron chi connectivity index (χ4n) is 4.03. The molecule has 2 aliphatic heterocycles. The van der Waals surface area contributed by atoms with Gasteiger partial charge in [-0.3, -0.25) is 4.79 Å². The van der Waals surface area contributed by atoms with Crippen molar-refractivity contribution < 1.29 is 14.6 Å². The number of amides is 1. The number of hydrogen-bond donors (Lipinski definition) is 2. The molecule has 0 radical (unpaired) electrons. The van der Waals surface area contributed by atoms with Crippen LogP contribution in [0.5, 0.6) is 5.75 Å². The maximum Gasteiger partial charge on any atom is 0.222 e. The van der Waals surface area contributed by atoms with E-state index in [1.807, 2.05) is 23.1 Å². The van der Waals surface area contributed by atoms with E-state index >= 15 is 0 Å². The quantitative estimate of drug-likeness (QED) is 0.567. The minimum atomic E-state index is -0.461. The Kier molecular flexibility index (Phi) is 8.58. The number of carbonyl (C=O) groups is 1. The summed E-state index contributed by atoms with van der Waals surface area (Å²) in [6, 6.07) is 8.00. The first-order valence-electron chi connectivity index (χ1n) is 10.8. The summed E-state index contributed by atoms with van der Waals surface area (Å²) >= 11 is 0. The third-order valence-corrected chi connectivity index (χ3v) is 5.59. The van der Waals surface area contributed by atoms with Crippen LogP contribution in [0.3, 0.4) is 0 Å². The van der Waals surface area contributed by atoms with Crippen molar-refractivity contribution in [2.45, 2.75) is 51.2 Å². The van der Waals surface area contributed by atoms with Gasteiger partial charge >= 0.3 is 0 Å². The molecule has 0 spiro atoms. The van der Waals surface area contributed by atoms with Crippen molar-refractivity contribution in [3.8, 4) is 5.75 Å². The van der Waals surface area contributed by atoms with Crippen LogP contribution in [0.15, 0.2) is 24.3 Å². The summed E-state index contributed by atoms with van der Waals surface area (Å²) in [4.78, 5) is 15.9. The molecule has 0 bridgehead atoms. The second-order valence-corrected chi connectivity index (χ2v) is 7.95. The molecular formula is C22H35N3O3. The van der Waals surface area contributed by atoms with E-state index in [2.05, 4.69) is 16.3 Å². The van der Waals surface area contributed by atoms with E-state index in [-0.39, 0.29) is 0 Å². The Morgan fingerprint density at radius 1 is 1.11 bits per heavy atom. The Balaban J connectivity index is 1.35. The van der Waals surface area contributed by atoms with Gasteiger partial charge in [0.15, 0.2) is 0 Å². The van der Waals surface area contributed by atoms with E-state index in [9.17, 15) is 9.90 Å². The van der Waals surface area contributed by atoms with Gasteiger partial charge in [0.05, 0.1) is 0 Å². The van der Waals surface area contributed by atoms with Gasteiger partial charge in [0, 0.05) is 38.2 Å². The van der Waals surface area contributed by atoms with Crippen molar-refractivity contribution in [3.05, 3.63) is 29.8 Å². The van der Waals surface area contributed by atoms with Crippen LogP contribution in [-0.2, 0) is 11.3 Å². The number of nitrogens with one attached hydrogen (secondary N) is 1. The van der Waals surface area contributed by atoms with Crippen molar-refractivity contribution in [2.24, 2.45) is 0 Å². The molecule has 2 N–H and O–H groups in total. The van der Waals surface area contributed by atoms with Crippen LogP contribution in [0.1, 0.15) is 44.1 Å². The predicted molar refractivity (Wildman–Crippen MR) is 110 cm³/mol.